The zero-order chi connectivity index (χ0) is 22.8. The molecule has 8 nitrogen and oxygen atoms in total. The van der Waals surface area contributed by atoms with E-state index in [9.17, 15) is 9.59 Å². The Kier molecular flexibility index (Phi) is 5.85. The molecule has 1 aliphatic heterocycles. The van der Waals surface area contributed by atoms with Gasteiger partial charge in [0.05, 0.1) is 19.0 Å². The van der Waals surface area contributed by atoms with Gasteiger partial charge in [0, 0.05) is 36.9 Å². The van der Waals surface area contributed by atoms with Gasteiger partial charge in [0.2, 0.25) is 0 Å². The number of methoxy groups -OCH3 is 1. The van der Waals surface area contributed by atoms with Crippen LogP contribution in [-0.2, 0) is 4.74 Å². The molecule has 1 fully saturated rings. The first-order chi connectivity index (χ1) is 15.4. The van der Waals surface area contributed by atoms with Crippen LogP contribution in [0.5, 0.6) is 0 Å². The maximum absolute atomic E-state index is 13.1. The van der Waals surface area contributed by atoms with E-state index in [-0.39, 0.29) is 23.3 Å². The average molecular weight is 434 g/mol. The van der Waals surface area contributed by atoms with E-state index in [0.717, 1.165) is 6.54 Å². The van der Waals surface area contributed by atoms with Crippen LogP contribution >= 0.6 is 0 Å². The Morgan fingerprint density at radius 1 is 1.09 bits per heavy atom. The van der Waals surface area contributed by atoms with Gasteiger partial charge in [-0.25, -0.2) is 9.48 Å². The van der Waals surface area contributed by atoms with Crippen molar-refractivity contribution in [1.29, 1.82) is 0 Å². The van der Waals surface area contributed by atoms with Crippen molar-refractivity contribution in [3.05, 3.63) is 71.4 Å². The van der Waals surface area contributed by atoms with Crippen LogP contribution in [0.25, 0.3) is 5.69 Å². The third-order valence-electron chi connectivity index (χ3n) is 5.82. The van der Waals surface area contributed by atoms with Crippen molar-refractivity contribution in [2.24, 2.45) is 0 Å². The molecule has 3 aromatic rings. The van der Waals surface area contributed by atoms with Gasteiger partial charge >= 0.3 is 5.97 Å². The van der Waals surface area contributed by atoms with Crippen LogP contribution in [0.2, 0.25) is 0 Å². The molecule has 2 aromatic carbocycles. The standard InChI is InChI=1S/C24H27N5O3/c1-16-5-4-6-20(13-16)28-12-11-27(15-17(28)2)23(30)18-7-9-19(10-8-18)29-22(25)21(14-26-29)24(31)32-3/h4-10,13-14,17H,11-12,15,25H2,1-3H3. The predicted molar refractivity (Wildman–Crippen MR) is 123 cm³/mol. The summed E-state index contributed by atoms with van der Waals surface area (Å²) in [5.74, 6) is -0.354. The molecule has 4 rings (SSSR count). The molecule has 0 saturated carbocycles. The Labute approximate surface area is 187 Å². The number of ether oxygens (including phenoxy) is 1. The van der Waals surface area contributed by atoms with Crippen molar-refractivity contribution in [2.75, 3.05) is 37.4 Å². The Morgan fingerprint density at radius 3 is 2.50 bits per heavy atom. The van der Waals surface area contributed by atoms with Crippen LogP contribution in [0.1, 0.15) is 33.2 Å². The van der Waals surface area contributed by atoms with Crippen LogP contribution in [0.4, 0.5) is 11.5 Å². The smallest absolute Gasteiger partial charge is 0.343 e. The van der Waals surface area contributed by atoms with Crippen molar-refractivity contribution in [1.82, 2.24) is 14.7 Å². The molecule has 1 aromatic heterocycles. The number of esters is 1. The lowest BCUT2D eigenvalue weighted by Gasteiger charge is -2.41. The molecule has 1 aliphatic rings. The van der Waals surface area contributed by atoms with E-state index >= 15 is 0 Å². The van der Waals surface area contributed by atoms with Gasteiger partial charge in [0.15, 0.2) is 0 Å². The number of benzene rings is 2. The monoisotopic (exact) mass is 433 g/mol. The summed E-state index contributed by atoms with van der Waals surface area (Å²) in [5.41, 5.74) is 9.91. The number of amides is 1. The summed E-state index contributed by atoms with van der Waals surface area (Å²) in [6, 6.07) is 15.7. The van der Waals surface area contributed by atoms with E-state index in [0.29, 0.717) is 24.3 Å². The zero-order valence-corrected chi connectivity index (χ0v) is 18.5. The second-order valence-electron chi connectivity index (χ2n) is 8.03. The minimum atomic E-state index is -0.542. The minimum Gasteiger partial charge on any atom is -0.465 e. The summed E-state index contributed by atoms with van der Waals surface area (Å²) in [4.78, 5) is 29.1. The minimum absolute atomic E-state index is 0.00372. The highest BCUT2D eigenvalue weighted by molar-refractivity contribution is 5.95. The zero-order valence-electron chi connectivity index (χ0n) is 18.5. The van der Waals surface area contributed by atoms with Crippen molar-refractivity contribution in [3.63, 3.8) is 0 Å². The van der Waals surface area contributed by atoms with Crippen molar-refractivity contribution in [2.45, 2.75) is 19.9 Å². The Hall–Kier alpha value is -3.81. The Morgan fingerprint density at radius 2 is 1.84 bits per heavy atom. The molecular formula is C24H27N5O3. The lowest BCUT2D eigenvalue weighted by molar-refractivity contribution is 0.0601. The fraction of sp³-hybridized carbons (Fsp3) is 0.292. The number of anilines is 2. The molecule has 1 atom stereocenters. The van der Waals surface area contributed by atoms with E-state index in [4.69, 9.17) is 10.5 Å². The lowest BCUT2D eigenvalue weighted by Crippen LogP contribution is -2.53. The first-order valence-corrected chi connectivity index (χ1v) is 10.5. The molecule has 0 bridgehead atoms. The molecule has 1 unspecified atom stereocenters. The van der Waals surface area contributed by atoms with Gasteiger partial charge in [-0.2, -0.15) is 5.10 Å². The number of nitrogens with two attached hydrogens (primary N) is 1. The van der Waals surface area contributed by atoms with E-state index in [1.165, 1.54) is 29.2 Å². The van der Waals surface area contributed by atoms with Gasteiger partial charge < -0.3 is 20.3 Å². The highest BCUT2D eigenvalue weighted by Gasteiger charge is 2.27. The number of aryl methyl sites for hydroxylation is 1. The van der Waals surface area contributed by atoms with Gasteiger partial charge in [-0.1, -0.05) is 12.1 Å². The van der Waals surface area contributed by atoms with E-state index < -0.39 is 5.97 Å². The first-order valence-electron chi connectivity index (χ1n) is 10.5. The number of piperazine rings is 1. The molecule has 0 radical (unpaired) electrons. The molecule has 32 heavy (non-hydrogen) atoms. The number of hydrogen-bond donors (Lipinski definition) is 1. The summed E-state index contributed by atoms with van der Waals surface area (Å²) >= 11 is 0. The summed E-state index contributed by atoms with van der Waals surface area (Å²) in [6.07, 6.45) is 1.37. The van der Waals surface area contributed by atoms with Crippen LogP contribution in [-0.4, -0.2) is 59.3 Å². The molecule has 1 saturated heterocycles. The summed E-state index contributed by atoms with van der Waals surface area (Å²) in [5, 5.41) is 4.16. The number of carbonyl (C=O) groups is 2. The van der Waals surface area contributed by atoms with Gasteiger partial charge in [-0.15, -0.1) is 0 Å². The maximum Gasteiger partial charge on any atom is 0.343 e. The molecule has 0 spiro atoms. The van der Waals surface area contributed by atoms with Gasteiger partial charge in [0.1, 0.15) is 11.4 Å². The molecule has 8 heteroatoms. The normalized spacial score (nSPS) is 16.2. The average Bonchev–Trinajstić information content (AvgIpc) is 3.19. The fourth-order valence-corrected chi connectivity index (χ4v) is 4.09. The van der Waals surface area contributed by atoms with Crippen LogP contribution in [0.15, 0.2) is 54.7 Å². The topological polar surface area (TPSA) is 93.7 Å². The summed E-state index contributed by atoms with van der Waals surface area (Å²) in [7, 11) is 1.29. The number of nitrogens with zero attached hydrogens (tertiary/aromatic N) is 4. The first kappa shape index (κ1) is 21.4. The fourth-order valence-electron chi connectivity index (χ4n) is 4.09. The SMILES string of the molecule is COC(=O)c1cnn(-c2ccc(C(=O)N3CCN(c4cccc(C)c4)C(C)C3)cc2)c1N. The second-order valence-corrected chi connectivity index (χ2v) is 8.03. The highest BCUT2D eigenvalue weighted by Crippen LogP contribution is 2.23. The number of rotatable bonds is 4. The van der Waals surface area contributed by atoms with Gasteiger partial charge in [-0.3, -0.25) is 4.79 Å². The number of aromatic nitrogens is 2. The van der Waals surface area contributed by atoms with Gasteiger partial charge in [0.25, 0.3) is 5.91 Å². The quantitative estimate of drug-likeness (QED) is 0.636. The second kappa shape index (κ2) is 8.74. The molecular weight excluding hydrogens is 406 g/mol. The van der Waals surface area contributed by atoms with Crippen LogP contribution in [0, 0.1) is 6.92 Å². The predicted octanol–water partition coefficient (Wildman–Crippen LogP) is 2.90. The molecule has 2 N–H and O–H groups in total. The van der Waals surface area contributed by atoms with Crippen LogP contribution in [0.3, 0.4) is 0 Å². The molecule has 166 valence electrons. The maximum atomic E-state index is 13.1. The van der Waals surface area contributed by atoms with Crippen molar-refractivity contribution >= 4 is 23.4 Å². The molecule has 0 aliphatic carbocycles. The molecule has 2 heterocycles. The van der Waals surface area contributed by atoms with E-state index in [1.807, 2.05) is 4.90 Å². The van der Waals surface area contributed by atoms with Gasteiger partial charge in [-0.05, 0) is 55.8 Å². The molecule has 1 amide bonds. The largest absolute Gasteiger partial charge is 0.465 e. The van der Waals surface area contributed by atoms with Crippen LogP contribution < -0.4 is 10.6 Å². The van der Waals surface area contributed by atoms with E-state index in [1.54, 1.807) is 24.3 Å². The summed E-state index contributed by atoms with van der Waals surface area (Å²) < 4.78 is 6.16. The summed E-state index contributed by atoms with van der Waals surface area (Å²) in [6.45, 7) is 6.33. The Balaban J connectivity index is 1.46. The third kappa shape index (κ3) is 4.03. The number of hydrogen-bond acceptors (Lipinski definition) is 6. The Bertz CT molecular complexity index is 1140. The highest BCUT2D eigenvalue weighted by atomic mass is 16.5. The number of nitrogen functional groups attached to an aromatic ring is 1. The van der Waals surface area contributed by atoms with E-state index in [2.05, 4.69) is 48.1 Å². The third-order valence-corrected chi connectivity index (χ3v) is 5.82. The van der Waals surface area contributed by atoms with Crippen molar-refractivity contribution < 1.29 is 14.3 Å². The van der Waals surface area contributed by atoms with Crippen molar-refractivity contribution in [3.8, 4) is 5.69 Å². The number of carbonyl (C=O) groups excluding carboxylic acids is 2. The lowest BCUT2D eigenvalue weighted by atomic mass is 10.1.